The number of nitrogens with one attached hydrogen (secondary N) is 1. The molecule has 0 aromatic heterocycles. The number of halogens is 2. The van der Waals surface area contributed by atoms with Crippen molar-refractivity contribution in [2.24, 2.45) is 5.73 Å². The van der Waals surface area contributed by atoms with Gasteiger partial charge in [-0.15, -0.1) is 0 Å². The van der Waals surface area contributed by atoms with E-state index in [0.717, 1.165) is 5.56 Å². The first-order valence-electron chi connectivity index (χ1n) is 6.13. The Kier molecular flexibility index (Phi) is 5.27. The Morgan fingerprint density at radius 3 is 2.52 bits per heavy atom. The van der Waals surface area contributed by atoms with Crippen LogP contribution in [0, 0.1) is 0 Å². The fourth-order valence-electron chi connectivity index (χ4n) is 1.84. The molecule has 0 aliphatic carbocycles. The van der Waals surface area contributed by atoms with Crippen LogP contribution >= 0.6 is 27.5 Å². The first-order valence-corrected chi connectivity index (χ1v) is 8.95. The van der Waals surface area contributed by atoms with Gasteiger partial charge in [-0.25, -0.2) is 8.42 Å². The molecule has 7 heteroatoms. The van der Waals surface area contributed by atoms with Gasteiger partial charge in [-0.1, -0.05) is 35.9 Å². The Morgan fingerprint density at radius 2 is 1.86 bits per heavy atom. The van der Waals surface area contributed by atoms with Gasteiger partial charge in [0.05, 0.1) is 10.8 Å². The molecule has 0 amide bonds. The zero-order chi connectivity index (χ0) is 15.5. The lowest BCUT2D eigenvalue weighted by molar-refractivity contribution is 0.600. The third kappa shape index (κ3) is 4.71. The molecular formula is C14H14BrClN2O2S. The molecule has 0 fully saturated rings. The molecule has 3 N–H and O–H groups in total. The highest BCUT2D eigenvalue weighted by molar-refractivity contribution is 9.10. The lowest BCUT2D eigenvalue weighted by atomic mass is 10.1. The maximum Gasteiger partial charge on any atom is 0.236 e. The summed E-state index contributed by atoms with van der Waals surface area (Å²) in [5.41, 5.74) is 7.61. The van der Waals surface area contributed by atoms with Crippen LogP contribution in [0.2, 0.25) is 5.02 Å². The Labute approximate surface area is 137 Å². The van der Waals surface area contributed by atoms with E-state index >= 15 is 0 Å². The third-order valence-electron chi connectivity index (χ3n) is 2.78. The first kappa shape index (κ1) is 16.3. The molecule has 0 aliphatic rings. The molecular weight excluding hydrogens is 376 g/mol. The zero-order valence-corrected chi connectivity index (χ0v) is 14.2. The van der Waals surface area contributed by atoms with Gasteiger partial charge in [0.25, 0.3) is 0 Å². The molecule has 0 aliphatic heterocycles. The molecule has 21 heavy (non-hydrogen) atoms. The van der Waals surface area contributed by atoms with Crippen molar-refractivity contribution in [3.63, 3.8) is 0 Å². The number of anilines is 1. The minimum atomic E-state index is -3.50. The van der Waals surface area contributed by atoms with Gasteiger partial charge < -0.3 is 5.73 Å². The van der Waals surface area contributed by atoms with Crippen molar-refractivity contribution in [3.8, 4) is 0 Å². The summed E-state index contributed by atoms with van der Waals surface area (Å²) < 4.78 is 27.5. The van der Waals surface area contributed by atoms with Crippen LogP contribution < -0.4 is 10.5 Å². The third-order valence-corrected chi connectivity index (χ3v) is 5.25. The molecule has 0 bridgehead atoms. The smallest absolute Gasteiger partial charge is 0.236 e. The van der Waals surface area contributed by atoms with Crippen molar-refractivity contribution in [2.45, 2.75) is 12.3 Å². The summed E-state index contributed by atoms with van der Waals surface area (Å²) >= 11 is 9.14. The maximum absolute atomic E-state index is 12.2. The number of sulfonamides is 1. The normalized spacial score (nSPS) is 11.4. The Bertz CT molecular complexity index is 750. The van der Waals surface area contributed by atoms with Crippen molar-refractivity contribution in [1.29, 1.82) is 0 Å². The molecule has 0 unspecified atom stereocenters. The highest BCUT2D eigenvalue weighted by Gasteiger charge is 2.12. The molecule has 2 aromatic carbocycles. The van der Waals surface area contributed by atoms with E-state index in [-0.39, 0.29) is 5.75 Å². The van der Waals surface area contributed by atoms with Gasteiger partial charge in [-0.05, 0) is 45.3 Å². The number of hydrogen-bond acceptors (Lipinski definition) is 3. The van der Waals surface area contributed by atoms with Crippen LogP contribution in [0.15, 0.2) is 46.9 Å². The molecule has 2 rings (SSSR count). The Balaban J connectivity index is 2.16. The van der Waals surface area contributed by atoms with Gasteiger partial charge in [0.15, 0.2) is 0 Å². The number of nitrogens with two attached hydrogens (primary N) is 1. The van der Waals surface area contributed by atoms with E-state index in [1.54, 1.807) is 36.4 Å². The van der Waals surface area contributed by atoms with E-state index in [2.05, 4.69) is 20.7 Å². The maximum atomic E-state index is 12.2. The highest BCUT2D eigenvalue weighted by atomic mass is 79.9. The van der Waals surface area contributed by atoms with Crippen molar-refractivity contribution in [2.75, 3.05) is 4.72 Å². The van der Waals surface area contributed by atoms with Gasteiger partial charge in [0.1, 0.15) is 0 Å². The standard InChI is InChI=1S/C14H14BrClN2O2S/c15-13-7-12(4-5-14(13)16)18-21(19,20)9-11-3-1-2-10(6-11)8-17/h1-7,18H,8-9,17H2. The second-order valence-corrected chi connectivity index (χ2v) is 7.50. The van der Waals surface area contributed by atoms with Crippen LogP contribution in [-0.2, 0) is 22.3 Å². The van der Waals surface area contributed by atoms with Crippen LogP contribution in [0.3, 0.4) is 0 Å². The minimum absolute atomic E-state index is 0.110. The summed E-state index contributed by atoms with van der Waals surface area (Å²) in [7, 11) is -3.50. The van der Waals surface area contributed by atoms with Gasteiger partial charge >= 0.3 is 0 Å². The number of benzene rings is 2. The SMILES string of the molecule is NCc1cccc(CS(=O)(=O)Nc2ccc(Cl)c(Br)c2)c1. The quantitative estimate of drug-likeness (QED) is 0.822. The molecule has 112 valence electrons. The topological polar surface area (TPSA) is 72.2 Å². The average molecular weight is 390 g/mol. The molecule has 0 heterocycles. The van der Waals surface area contributed by atoms with E-state index < -0.39 is 10.0 Å². The molecule has 4 nitrogen and oxygen atoms in total. The van der Waals surface area contributed by atoms with E-state index in [9.17, 15) is 8.42 Å². The predicted molar refractivity (Wildman–Crippen MR) is 89.7 cm³/mol. The number of rotatable bonds is 5. The molecule has 0 saturated carbocycles. The van der Waals surface area contributed by atoms with Crippen molar-refractivity contribution < 1.29 is 8.42 Å². The van der Waals surface area contributed by atoms with E-state index in [4.69, 9.17) is 17.3 Å². The summed E-state index contributed by atoms with van der Waals surface area (Å²) in [4.78, 5) is 0. The van der Waals surface area contributed by atoms with Crippen molar-refractivity contribution in [3.05, 3.63) is 63.1 Å². The van der Waals surface area contributed by atoms with Crippen LogP contribution in [0.4, 0.5) is 5.69 Å². The molecule has 0 spiro atoms. The van der Waals surface area contributed by atoms with E-state index in [0.29, 0.717) is 27.3 Å². The monoisotopic (exact) mass is 388 g/mol. The fraction of sp³-hybridized carbons (Fsp3) is 0.143. The fourth-order valence-corrected chi connectivity index (χ4v) is 3.51. The second kappa shape index (κ2) is 6.79. The van der Waals surface area contributed by atoms with Crippen LogP contribution in [0.1, 0.15) is 11.1 Å². The first-order chi connectivity index (χ1) is 9.89. The minimum Gasteiger partial charge on any atom is -0.326 e. The zero-order valence-electron chi connectivity index (χ0n) is 11.0. The average Bonchev–Trinajstić information content (AvgIpc) is 2.42. The second-order valence-electron chi connectivity index (χ2n) is 4.51. The predicted octanol–water partition coefficient (Wildman–Crippen LogP) is 3.50. The van der Waals surface area contributed by atoms with E-state index in [1.165, 1.54) is 0 Å². The largest absolute Gasteiger partial charge is 0.326 e. The van der Waals surface area contributed by atoms with Crippen molar-refractivity contribution >= 4 is 43.2 Å². The van der Waals surface area contributed by atoms with Gasteiger partial charge in [-0.3, -0.25) is 4.72 Å². The summed E-state index contributed by atoms with van der Waals surface area (Å²) in [5, 5.41) is 0.522. The summed E-state index contributed by atoms with van der Waals surface area (Å²) in [6, 6.07) is 12.1. The lowest BCUT2D eigenvalue weighted by Crippen LogP contribution is -2.15. The molecule has 2 aromatic rings. The van der Waals surface area contributed by atoms with Gasteiger partial charge in [0, 0.05) is 16.7 Å². The van der Waals surface area contributed by atoms with Crippen LogP contribution in [0.25, 0.3) is 0 Å². The molecule has 0 atom stereocenters. The molecule has 0 radical (unpaired) electrons. The summed E-state index contributed by atoms with van der Waals surface area (Å²) in [6.07, 6.45) is 0. The van der Waals surface area contributed by atoms with Crippen molar-refractivity contribution in [1.82, 2.24) is 0 Å². The summed E-state index contributed by atoms with van der Waals surface area (Å²) in [6.45, 7) is 0.380. The van der Waals surface area contributed by atoms with Gasteiger partial charge in [-0.2, -0.15) is 0 Å². The summed E-state index contributed by atoms with van der Waals surface area (Å²) in [5.74, 6) is -0.110. The Morgan fingerprint density at radius 1 is 1.14 bits per heavy atom. The number of hydrogen-bond donors (Lipinski definition) is 2. The van der Waals surface area contributed by atoms with E-state index in [1.807, 2.05) is 6.07 Å². The van der Waals surface area contributed by atoms with Crippen LogP contribution in [-0.4, -0.2) is 8.42 Å². The lowest BCUT2D eigenvalue weighted by Gasteiger charge is -2.09. The highest BCUT2D eigenvalue weighted by Crippen LogP contribution is 2.26. The van der Waals surface area contributed by atoms with Gasteiger partial charge in [0.2, 0.25) is 10.0 Å². The van der Waals surface area contributed by atoms with Crippen LogP contribution in [0.5, 0.6) is 0 Å². The molecule has 0 saturated heterocycles. The Hall–Kier alpha value is -1.08.